The van der Waals surface area contributed by atoms with Gasteiger partial charge in [0.05, 0.1) is 5.69 Å². The van der Waals surface area contributed by atoms with Crippen LogP contribution in [0.1, 0.15) is 11.3 Å². The number of pyridine rings is 1. The number of fused-ring (bicyclic) bond motifs is 1. The molecule has 0 amide bonds. The van der Waals surface area contributed by atoms with E-state index in [0.717, 1.165) is 16.7 Å². The third-order valence-electron chi connectivity index (χ3n) is 1.80. The molecule has 0 aliphatic heterocycles. The summed E-state index contributed by atoms with van der Waals surface area (Å²) >= 11 is 3.38. The molecule has 0 spiro atoms. The average molecular weight is 306 g/mol. The van der Waals surface area contributed by atoms with Gasteiger partial charge in [0.25, 0.3) is 0 Å². The van der Waals surface area contributed by atoms with E-state index in [0.29, 0.717) is 0 Å². The van der Waals surface area contributed by atoms with Gasteiger partial charge in [-0.2, -0.15) is 0 Å². The third-order valence-corrected chi connectivity index (χ3v) is 2.38. The normalized spacial score (nSPS) is 10.0. The molecule has 2 rings (SSSR count). The second-order valence-corrected chi connectivity index (χ2v) is 3.40. The van der Waals surface area contributed by atoms with Gasteiger partial charge < -0.3 is 4.40 Å². The molecule has 4 heteroatoms. The number of halogens is 2. The smallest absolute Gasteiger partial charge is 0.137 e. The van der Waals surface area contributed by atoms with E-state index in [1.54, 1.807) is 0 Å². The van der Waals surface area contributed by atoms with Crippen molar-refractivity contribution < 1.29 is 0 Å². The molecule has 0 aromatic carbocycles. The number of aryl methyl sites for hydroxylation is 1. The summed E-state index contributed by atoms with van der Waals surface area (Å²) in [6.07, 6.45) is 4.06. The van der Waals surface area contributed by atoms with E-state index in [4.69, 9.17) is 0 Å². The van der Waals surface area contributed by atoms with Gasteiger partial charge in [-0.25, -0.2) is 4.98 Å². The highest BCUT2D eigenvalue weighted by Gasteiger charge is 1.98. The summed E-state index contributed by atoms with van der Waals surface area (Å²) in [7, 11) is 0. The lowest BCUT2D eigenvalue weighted by Crippen LogP contribution is -1.81. The van der Waals surface area contributed by atoms with E-state index in [1.807, 2.05) is 16.8 Å². The molecular weight excluding hydrogens is 296 g/mol. The molecular formula is C9H10Br2N2. The first-order chi connectivity index (χ1) is 5.79. The molecule has 2 aromatic rings. The predicted octanol–water partition coefficient (Wildman–Crippen LogP) is 3.12. The topological polar surface area (TPSA) is 17.3 Å². The van der Waals surface area contributed by atoms with Crippen LogP contribution in [0.5, 0.6) is 0 Å². The SMILES string of the molecule is Br.Cc1ccn2cc(CBr)nc2c1. The van der Waals surface area contributed by atoms with Crippen LogP contribution in [-0.4, -0.2) is 9.38 Å². The Bertz CT molecular complexity index is 409. The second-order valence-electron chi connectivity index (χ2n) is 2.84. The largest absolute Gasteiger partial charge is 0.307 e. The van der Waals surface area contributed by atoms with Crippen LogP contribution in [0.4, 0.5) is 0 Å². The summed E-state index contributed by atoms with van der Waals surface area (Å²) in [5.41, 5.74) is 3.33. The van der Waals surface area contributed by atoms with Crippen molar-refractivity contribution >= 4 is 38.6 Å². The monoisotopic (exact) mass is 304 g/mol. The highest BCUT2D eigenvalue weighted by Crippen LogP contribution is 2.09. The van der Waals surface area contributed by atoms with Gasteiger partial charge >= 0.3 is 0 Å². The lowest BCUT2D eigenvalue weighted by Gasteiger charge is -1.92. The quantitative estimate of drug-likeness (QED) is 0.740. The van der Waals surface area contributed by atoms with E-state index >= 15 is 0 Å². The predicted molar refractivity (Wildman–Crippen MR) is 62.9 cm³/mol. The summed E-state index contributed by atoms with van der Waals surface area (Å²) in [6, 6.07) is 4.15. The van der Waals surface area contributed by atoms with Crippen LogP contribution in [0, 0.1) is 6.92 Å². The van der Waals surface area contributed by atoms with Gasteiger partial charge in [-0.1, -0.05) is 15.9 Å². The Kier molecular flexibility index (Phi) is 3.50. The fourth-order valence-electron chi connectivity index (χ4n) is 1.20. The molecule has 0 unspecified atom stereocenters. The highest BCUT2D eigenvalue weighted by atomic mass is 79.9. The minimum absolute atomic E-state index is 0. The molecule has 0 aliphatic rings. The Hall–Kier alpha value is -0.350. The maximum absolute atomic E-state index is 4.41. The number of rotatable bonds is 1. The lowest BCUT2D eigenvalue weighted by molar-refractivity contribution is 1.17. The van der Waals surface area contributed by atoms with E-state index in [-0.39, 0.29) is 17.0 Å². The van der Waals surface area contributed by atoms with Crippen molar-refractivity contribution in [1.82, 2.24) is 9.38 Å². The first-order valence-corrected chi connectivity index (χ1v) is 4.92. The minimum Gasteiger partial charge on any atom is -0.307 e. The van der Waals surface area contributed by atoms with Gasteiger partial charge in [-0.15, -0.1) is 17.0 Å². The number of nitrogens with zero attached hydrogens (tertiary/aromatic N) is 2. The van der Waals surface area contributed by atoms with Gasteiger partial charge in [-0.3, -0.25) is 0 Å². The van der Waals surface area contributed by atoms with Crippen LogP contribution in [0.3, 0.4) is 0 Å². The highest BCUT2D eigenvalue weighted by molar-refractivity contribution is 9.08. The van der Waals surface area contributed by atoms with E-state index in [1.165, 1.54) is 5.56 Å². The summed E-state index contributed by atoms with van der Waals surface area (Å²) in [5, 5.41) is 0.813. The van der Waals surface area contributed by atoms with Crippen molar-refractivity contribution in [2.75, 3.05) is 0 Å². The third kappa shape index (κ3) is 2.11. The van der Waals surface area contributed by atoms with E-state index in [2.05, 4.69) is 40.0 Å². The summed E-state index contributed by atoms with van der Waals surface area (Å²) in [4.78, 5) is 4.41. The Morgan fingerprint density at radius 2 is 2.31 bits per heavy atom. The van der Waals surface area contributed by atoms with Crippen molar-refractivity contribution in [3.63, 3.8) is 0 Å². The van der Waals surface area contributed by atoms with Crippen LogP contribution >= 0.6 is 32.9 Å². The van der Waals surface area contributed by atoms with Gasteiger partial charge in [0, 0.05) is 17.7 Å². The van der Waals surface area contributed by atoms with E-state index < -0.39 is 0 Å². The standard InChI is InChI=1S/C9H9BrN2.BrH/c1-7-2-3-12-6-8(5-10)11-9(12)4-7;/h2-4,6H,5H2,1H3;1H. The van der Waals surface area contributed by atoms with Crippen LogP contribution in [-0.2, 0) is 5.33 Å². The molecule has 0 aliphatic carbocycles. The fourth-order valence-corrected chi connectivity index (χ4v) is 1.47. The van der Waals surface area contributed by atoms with Crippen molar-refractivity contribution in [3.8, 4) is 0 Å². The Morgan fingerprint density at radius 1 is 1.54 bits per heavy atom. The zero-order valence-electron chi connectivity index (χ0n) is 7.20. The molecule has 0 saturated heterocycles. The number of hydrogen-bond donors (Lipinski definition) is 0. The van der Waals surface area contributed by atoms with Crippen LogP contribution < -0.4 is 0 Å². The molecule has 0 atom stereocenters. The van der Waals surface area contributed by atoms with Crippen molar-refractivity contribution in [2.45, 2.75) is 12.3 Å². The van der Waals surface area contributed by atoms with Crippen molar-refractivity contribution in [1.29, 1.82) is 0 Å². The summed E-state index contributed by atoms with van der Waals surface area (Å²) in [6.45, 7) is 2.07. The minimum atomic E-state index is 0. The maximum atomic E-state index is 4.41. The van der Waals surface area contributed by atoms with Gasteiger partial charge in [0.2, 0.25) is 0 Å². The number of imidazole rings is 1. The Balaban J connectivity index is 0.000000845. The van der Waals surface area contributed by atoms with Gasteiger partial charge in [-0.05, 0) is 24.6 Å². The second kappa shape index (κ2) is 4.24. The molecule has 13 heavy (non-hydrogen) atoms. The molecule has 0 saturated carbocycles. The molecule has 2 nitrogen and oxygen atoms in total. The van der Waals surface area contributed by atoms with Crippen molar-refractivity contribution in [3.05, 3.63) is 35.8 Å². The lowest BCUT2D eigenvalue weighted by atomic mass is 10.3. The Morgan fingerprint density at radius 3 is 3.00 bits per heavy atom. The summed E-state index contributed by atoms with van der Waals surface area (Å²) in [5.74, 6) is 0. The Labute approximate surface area is 95.9 Å². The molecule has 2 heterocycles. The van der Waals surface area contributed by atoms with Crippen molar-refractivity contribution in [2.24, 2.45) is 0 Å². The van der Waals surface area contributed by atoms with Crippen LogP contribution in [0.15, 0.2) is 24.5 Å². The molecule has 0 radical (unpaired) electrons. The number of hydrogen-bond acceptors (Lipinski definition) is 1. The molecule has 0 bridgehead atoms. The molecule has 0 N–H and O–H groups in total. The first-order valence-electron chi connectivity index (χ1n) is 3.80. The molecule has 2 aromatic heterocycles. The number of alkyl halides is 1. The van der Waals surface area contributed by atoms with Crippen LogP contribution in [0.2, 0.25) is 0 Å². The maximum Gasteiger partial charge on any atom is 0.137 e. The summed E-state index contributed by atoms with van der Waals surface area (Å²) < 4.78 is 2.03. The molecule has 70 valence electrons. The number of aromatic nitrogens is 2. The van der Waals surface area contributed by atoms with Gasteiger partial charge in [0.15, 0.2) is 0 Å². The van der Waals surface area contributed by atoms with Crippen LogP contribution in [0.25, 0.3) is 5.65 Å². The average Bonchev–Trinajstić information content (AvgIpc) is 2.46. The first kappa shape index (κ1) is 10.7. The zero-order valence-corrected chi connectivity index (χ0v) is 10.5. The van der Waals surface area contributed by atoms with Gasteiger partial charge in [0.1, 0.15) is 5.65 Å². The molecule has 0 fully saturated rings. The van der Waals surface area contributed by atoms with E-state index in [9.17, 15) is 0 Å². The zero-order chi connectivity index (χ0) is 8.55. The fraction of sp³-hybridized carbons (Fsp3) is 0.222.